The lowest BCUT2D eigenvalue weighted by molar-refractivity contribution is -0.121. The van der Waals surface area contributed by atoms with Gasteiger partial charge >= 0.3 is 0 Å². The summed E-state index contributed by atoms with van der Waals surface area (Å²) in [6.45, 7) is 0.825. The summed E-state index contributed by atoms with van der Waals surface area (Å²) in [6, 6.07) is 15.2. The standard InChI is InChI=1S/C18H23N3O3S/c1-25(23,24)21(15-17-9-5-6-12-19-17)14-11-18(22)20-13-10-16-7-3-2-4-8-16/h2-9,12H,10-11,13-15H2,1H3,(H,20,22). The first-order valence-corrected chi connectivity index (χ1v) is 9.95. The Morgan fingerprint density at radius 2 is 1.84 bits per heavy atom. The molecule has 0 fully saturated rings. The Hall–Kier alpha value is -2.25. The number of carbonyl (C=O) groups is 1. The predicted octanol–water partition coefficient (Wildman–Crippen LogP) is 1.59. The quantitative estimate of drug-likeness (QED) is 0.736. The lowest BCUT2D eigenvalue weighted by Crippen LogP contribution is -2.35. The van der Waals surface area contributed by atoms with Crippen LogP contribution >= 0.6 is 0 Å². The zero-order valence-electron chi connectivity index (χ0n) is 14.3. The summed E-state index contributed by atoms with van der Waals surface area (Å²) in [6.07, 6.45) is 3.63. The van der Waals surface area contributed by atoms with Crippen molar-refractivity contribution in [2.75, 3.05) is 19.3 Å². The van der Waals surface area contributed by atoms with Gasteiger partial charge in [0.25, 0.3) is 0 Å². The van der Waals surface area contributed by atoms with Crippen LogP contribution in [0.5, 0.6) is 0 Å². The van der Waals surface area contributed by atoms with Gasteiger partial charge in [-0.2, -0.15) is 4.31 Å². The minimum Gasteiger partial charge on any atom is -0.356 e. The maximum absolute atomic E-state index is 12.0. The molecule has 6 nitrogen and oxygen atoms in total. The van der Waals surface area contributed by atoms with Crippen molar-refractivity contribution in [1.82, 2.24) is 14.6 Å². The number of amides is 1. The summed E-state index contributed by atoms with van der Waals surface area (Å²) in [5, 5.41) is 2.83. The highest BCUT2D eigenvalue weighted by atomic mass is 32.2. The molecule has 1 aromatic carbocycles. The number of benzene rings is 1. The molecule has 0 saturated carbocycles. The smallest absolute Gasteiger partial charge is 0.221 e. The summed E-state index contributed by atoms with van der Waals surface area (Å²) in [5.74, 6) is -0.161. The van der Waals surface area contributed by atoms with Crippen molar-refractivity contribution in [1.29, 1.82) is 0 Å². The maximum atomic E-state index is 12.0. The first-order chi connectivity index (χ1) is 11.9. The number of hydrogen-bond donors (Lipinski definition) is 1. The lowest BCUT2D eigenvalue weighted by Gasteiger charge is -2.19. The van der Waals surface area contributed by atoms with Crippen LogP contribution in [0.25, 0.3) is 0 Å². The highest BCUT2D eigenvalue weighted by Gasteiger charge is 2.18. The number of aromatic nitrogens is 1. The van der Waals surface area contributed by atoms with Gasteiger partial charge in [-0.1, -0.05) is 36.4 Å². The second kappa shape index (κ2) is 9.29. The first kappa shape index (κ1) is 19.1. The Bertz CT molecular complexity index is 765. The number of nitrogens with one attached hydrogen (secondary N) is 1. The second-order valence-electron chi connectivity index (χ2n) is 5.75. The summed E-state index contributed by atoms with van der Waals surface area (Å²) in [7, 11) is -3.41. The topological polar surface area (TPSA) is 79.4 Å². The molecule has 2 rings (SSSR count). The molecule has 134 valence electrons. The van der Waals surface area contributed by atoms with E-state index in [1.807, 2.05) is 30.3 Å². The van der Waals surface area contributed by atoms with E-state index in [0.29, 0.717) is 12.2 Å². The van der Waals surface area contributed by atoms with Gasteiger partial charge in [0, 0.05) is 25.7 Å². The molecule has 0 bridgehead atoms. The van der Waals surface area contributed by atoms with Crippen LogP contribution < -0.4 is 5.32 Å². The van der Waals surface area contributed by atoms with Gasteiger partial charge in [0.1, 0.15) is 0 Å². The molecule has 1 amide bonds. The molecule has 0 aliphatic carbocycles. The van der Waals surface area contributed by atoms with E-state index in [1.54, 1.807) is 24.4 Å². The monoisotopic (exact) mass is 361 g/mol. The van der Waals surface area contributed by atoms with E-state index in [9.17, 15) is 13.2 Å². The van der Waals surface area contributed by atoms with Crippen LogP contribution in [0.15, 0.2) is 54.7 Å². The zero-order chi connectivity index (χ0) is 18.1. The van der Waals surface area contributed by atoms with E-state index in [0.717, 1.165) is 18.2 Å². The SMILES string of the molecule is CS(=O)(=O)N(CCC(=O)NCCc1ccccc1)Cc1ccccn1. The van der Waals surface area contributed by atoms with E-state index in [2.05, 4.69) is 10.3 Å². The minimum absolute atomic E-state index is 0.120. The molecular weight excluding hydrogens is 338 g/mol. The van der Waals surface area contributed by atoms with Crippen LogP contribution in [0.2, 0.25) is 0 Å². The Morgan fingerprint density at radius 3 is 2.48 bits per heavy atom. The van der Waals surface area contributed by atoms with Gasteiger partial charge in [0.05, 0.1) is 18.5 Å². The highest BCUT2D eigenvalue weighted by Crippen LogP contribution is 2.07. The van der Waals surface area contributed by atoms with Crippen molar-refractivity contribution in [2.24, 2.45) is 0 Å². The van der Waals surface area contributed by atoms with E-state index >= 15 is 0 Å². The molecule has 2 aromatic rings. The molecule has 7 heteroatoms. The third kappa shape index (κ3) is 7.03. The largest absolute Gasteiger partial charge is 0.356 e. The van der Waals surface area contributed by atoms with Crippen LogP contribution in [0.3, 0.4) is 0 Å². The fraction of sp³-hybridized carbons (Fsp3) is 0.333. The Balaban J connectivity index is 1.80. The highest BCUT2D eigenvalue weighted by molar-refractivity contribution is 7.88. The predicted molar refractivity (Wildman–Crippen MR) is 97.3 cm³/mol. The normalized spacial score (nSPS) is 11.4. The summed E-state index contributed by atoms with van der Waals surface area (Å²) in [4.78, 5) is 16.1. The number of hydrogen-bond acceptors (Lipinski definition) is 4. The molecule has 1 N–H and O–H groups in total. The lowest BCUT2D eigenvalue weighted by atomic mass is 10.1. The van der Waals surface area contributed by atoms with Crippen molar-refractivity contribution in [3.05, 3.63) is 66.0 Å². The third-order valence-electron chi connectivity index (χ3n) is 3.70. The van der Waals surface area contributed by atoms with Crippen LogP contribution in [-0.4, -0.2) is 43.0 Å². The zero-order valence-corrected chi connectivity index (χ0v) is 15.1. The Morgan fingerprint density at radius 1 is 1.12 bits per heavy atom. The van der Waals surface area contributed by atoms with Crippen molar-refractivity contribution in [3.63, 3.8) is 0 Å². The molecule has 1 aromatic heterocycles. The molecule has 0 unspecified atom stereocenters. The van der Waals surface area contributed by atoms with E-state index in [4.69, 9.17) is 0 Å². The van der Waals surface area contributed by atoms with Gasteiger partial charge in [-0.3, -0.25) is 9.78 Å². The molecule has 0 atom stereocenters. The fourth-order valence-corrected chi connectivity index (χ4v) is 3.13. The van der Waals surface area contributed by atoms with Gasteiger partial charge in [-0.25, -0.2) is 8.42 Å². The van der Waals surface area contributed by atoms with E-state index in [1.165, 1.54) is 4.31 Å². The first-order valence-electron chi connectivity index (χ1n) is 8.11. The average molecular weight is 361 g/mol. The molecule has 0 aliphatic heterocycles. The van der Waals surface area contributed by atoms with Crippen LogP contribution in [-0.2, 0) is 27.8 Å². The molecular formula is C18H23N3O3S. The molecule has 0 saturated heterocycles. The molecule has 0 radical (unpaired) electrons. The van der Waals surface area contributed by atoms with Gasteiger partial charge in [-0.15, -0.1) is 0 Å². The Labute approximate surface area is 148 Å². The number of nitrogens with zero attached hydrogens (tertiary/aromatic N) is 2. The molecule has 1 heterocycles. The van der Waals surface area contributed by atoms with Crippen LogP contribution in [0.1, 0.15) is 17.7 Å². The van der Waals surface area contributed by atoms with Gasteiger partial charge in [-0.05, 0) is 24.1 Å². The van der Waals surface area contributed by atoms with Crippen molar-refractivity contribution in [3.8, 4) is 0 Å². The number of pyridine rings is 1. The summed E-state index contributed by atoms with van der Waals surface area (Å²) >= 11 is 0. The minimum atomic E-state index is -3.41. The number of rotatable bonds is 9. The maximum Gasteiger partial charge on any atom is 0.221 e. The van der Waals surface area contributed by atoms with Crippen LogP contribution in [0.4, 0.5) is 0 Å². The molecule has 0 spiro atoms. The number of sulfonamides is 1. The second-order valence-corrected chi connectivity index (χ2v) is 7.74. The number of carbonyl (C=O) groups excluding carboxylic acids is 1. The van der Waals surface area contributed by atoms with E-state index < -0.39 is 10.0 Å². The van der Waals surface area contributed by atoms with Crippen molar-refractivity contribution >= 4 is 15.9 Å². The summed E-state index contributed by atoms with van der Waals surface area (Å²) in [5.41, 5.74) is 1.80. The average Bonchev–Trinajstić information content (AvgIpc) is 2.59. The van der Waals surface area contributed by atoms with Crippen molar-refractivity contribution in [2.45, 2.75) is 19.4 Å². The van der Waals surface area contributed by atoms with Gasteiger partial charge < -0.3 is 5.32 Å². The van der Waals surface area contributed by atoms with Gasteiger partial charge in [0.15, 0.2) is 0 Å². The van der Waals surface area contributed by atoms with Crippen LogP contribution in [0, 0.1) is 0 Å². The fourth-order valence-electron chi connectivity index (χ4n) is 2.34. The Kier molecular flexibility index (Phi) is 7.09. The molecule has 0 aliphatic rings. The third-order valence-corrected chi connectivity index (χ3v) is 4.95. The van der Waals surface area contributed by atoms with E-state index in [-0.39, 0.29) is 25.4 Å². The van der Waals surface area contributed by atoms with Gasteiger partial charge in [0.2, 0.25) is 15.9 Å². The molecule has 25 heavy (non-hydrogen) atoms. The summed E-state index contributed by atoms with van der Waals surface area (Å²) < 4.78 is 25.1. The van der Waals surface area contributed by atoms with Crippen molar-refractivity contribution < 1.29 is 13.2 Å².